The second-order valence-electron chi connectivity index (χ2n) is 7.16. The Hall–Kier alpha value is -1.49. The van der Waals surface area contributed by atoms with E-state index in [0.29, 0.717) is 23.4 Å². The summed E-state index contributed by atoms with van der Waals surface area (Å²) in [5, 5.41) is 3.28. The number of nitrogens with one attached hydrogen (secondary N) is 1. The predicted octanol–water partition coefficient (Wildman–Crippen LogP) is 2.24. The quantitative estimate of drug-likeness (QED) is 0.897. The van der Waals surface area contributed by atoms with E-state index in [-0.39, 0.29) is 17.9 Å². The Morgan fingerprint density at radius 2 is 2.00 bits per heavy atom. The molecule has 1 aromatic heterocycles. The topological polar surface area (TPSA) is 80.9 Å². The van der Waals surface area contributed by atoms with Gasteiger partial charge in [0.05, 0.1) is 11.3 Å². The summed E-state index contributed by atoms with van der Waals surface area (Å²) < 4.78 is 0. The normalized spacial score (nSPS) is 31.1. The van der Waals surface area contributed by atoms with Crippen molar-refractivity contribution in [3.05, 3.63) is 23.8 Å². The van der Waals surface area contributed by atoms with Crippen LogP contribution < -0.4 is 11.1 Å². The van der Waals surface area contributed by atoms with Gasteiger partial charge in [-0.1, -0.05) is 20.3 Å². The smallest absolute Gasteiger partial charge is 0.254 e. The molecule has 1 heterocycles. The van der Waals surface area contributed by atoms with Gasteiger partial charge in [0, 0.05) is 18.3 Å². The van der Waals surface area contributed by atoms with E-state index in [9.17, 15) is 4.79 Å². The predicted molar refractivity (Wildman–Crippen MR) is 85.4 cm³/mol. The molecule has 120 valence electrons. The van der Waals surface area contributed by atoms with Gasteiger partial charge in [0.15, 0.2) is 0 Å². The lowest BCUT2D eigenvalue weighted by atomic mass is 9.67. The Balaban J connectivity index is 1.77. The fraction of sp³-hybridized carbons (Fsp3) is 0.706. The van der Waals surface area contributed by atoms with E-state index in [1.54, 1.807) is 6.20 Å². The highest BCUT2D eigenvalue weighted by molar-refractivity contribution is 5.95. The number of carbonyl (C=O) groups excluding carboxylic acids is 1. The lowest BCUT2D eigenvalue weighted by molar-refractivity contribution is 0.0754. The van der Waals surface area contributed by atoms with E-state index < -0.39 is 0 Å². The van der Waals surface area contributed by atoms with Crippen molar-refractivity contribution in [2.24, 2.45) is 17.6 Å². The van der Waals surface area contributed by atoms with Crippen LogP contribution in [0.4, 0.5) is 0 Å². The number of carbonyl (C=O) groups is 1. The molecule has 5 heteroatoms. The number of amides is 1. The van der Waals surface area contributed by atoms with Gasteiger partial charge in [0.1, 0.15) is 6.33 Å². The maximum absolute atomic E-state index is 12.7. The van der Waals surface area contributed by atoms with Crippen molar-refractivity contribution in [1.82, 2.24) is 15.3 Å². The van der Waals surface area contributed by atoms with E-state index >= 15 is 0 Å². The lowest BCUT2D eigenvalue weighted by Crippen LogP contribution is -2.53. The molecule has 3 N–H and O–H groups in total. The van der Waals surface area contributed by atoms with Crippen molar-refractivity contribution in [2.45, 2.75) is 64.0 Å². The summed E-state index contributed by atoms with van der Waals surface area (Å²) in [5.41, 5.74) is 7.60. The van der Waals surface area contributed by atoms with Gasteiger partial charge >= 0.3 is 0 Å². The average Bonchev–Trinajstić information content (AvgIpc) is 2.48. The molecule has 0 radical (unpaired) electrons. The molecule has 0 aliphatic heterocycles. The van der Waals surface area contributed by atoms with Crippen LogP contribution in [-0.2, 0) is 0 Å². The van der Waals surface area contributed by atoms with Crippen LogP contribution in [0.25, 0.3) is 0 Å². The Labute approximate surface area is 132 Å². The molecule has 0 aromatic carbocycles. The van der Waals surface area contributed by atoms with Crippen LogP contribution in [-0.4, -0.2) is 28.0 Å². The molecule has 2 fully saturated rings. The highest BCUT2D eigenvalue weighted by Crippen LogP contribution is 2.39. The molecule has 2 unspecified atom stereocenters. The third-order valence-corrected chi connectivity index (χ3v) is 5.21. The van der Waals surface area contributed by atoms with Crippen LogP contribution in [0.3, 0.4) is 0 Å². The zero-order valence-electron chi connectivity index (χ0n) is 13.5. The zero-order valence-corrected chi connectivity index (χ0v) is 13.5. The SMILES string of the molecule is CC(C)c1ncncc1C(=O)NC1C2CCCC1CC(N)C2. The number of fused-ring (bicyclic) bond motifs is 2. The molecule has 5 nitrogen and oxygen atoms in total. The zero-order chi connectivity index (χ0) is 15.7. The molecule has 22 heavy (non-hydrogen) atoms. The minimum absolute atomic E-state index is 0.0262. The molecule has 0 saturated heterocycles. The molecule has 1 aromatic rings. The van der Waals surface area contributed by atoms with Gasteiger partial charge in [-0.15, -0.1) is 0 Å². The van der Waals surface area contributed by atoms with Crippen molar-refractivity contribution in [3.63, 3.8) is 0 Å². The summed E-state index contributed by atoms with van der Waals surface area (Å²) in [6, 6.07) is 0.566. The fourth-order valence-electron chi connectivity index (χ4n) is 4.23. The number of aromatic nitrogens is 2. The van der Waals surface area contributed by atoms with Crippen LogP contribution in [0.15, 0.2) is 12.5 Å². The third-order valence-electron chi connectivity index (χ3n) is 5.21. The van der Waals surface area contributed by atoms with Gasteiger partial charge in [0.2, 0.25) is 0 Å². The first-order valence-electron chi connectivity index (χ1n) is 8.42. The molecule has 3 rings (SSSR count). The van der Waals surface area contributed by atoms with Gasteiger partial charge in [-0.3, -0.25) is 4.79 Å². The Morgan fingerprint density at radius 3 is 2.64 bits per heavy atom. The van der Waals surface area contributed by atoms with Crippen molar-refractivity contribution in [3.8, 4) is 0 Å². The van der Waals surface area contributed by atoms with E-state index in [0.717, 1.165) is 18.5 Å². The van der Waals surface area contributed by atoms with Crippen LogP contribution in [0.5, 0.6) is 0 Å². The molecule has 2 saturated carbocycles. The highest BCUT2D eigenvalue weighted by Gasteiger charge is 2.40. The van der Waals surface area contributed by atoms with Crippen LogP contribution >= 0.6 is 0 Å². The number of hydrogen-bond acceptors (Lipinski definition) is 4. The first-order chi connectivity index (χ1) is 10.6. The number of rotatable bonds is 3. The Bertz CT molecular complexity index is 531. The van der Waals surface area contributed by atoms with Crippen molar-refractivity contribution < 1.29 is 4.79 Å². The summed E-state index contributed by atoms with van der Waals surface area (Å²) >= 11 is 0. The van der Waals surface area contributed by atoms with Gasteiger partial charge < -0.3 is 11.1 Å². The maximum Gasteiger partial charge on any atom is 0.254 e. The molecule has 2 atom stereocenters. The van der Waals surface area contributed by atoms with Gasteiger partial charge in [-0.05, 0) is 43.4 Å². The monoisotopic (exact) mass is 302 g/mol. The summed E-state index contributed by atoms with van der Waals surface area (Å²) in [7, 11) is 0. The standard InChI is InChI=1S/C17H26N4O/c1-10(2)15-14(8-19-9-20-15)17(22)21-16-11-4-3-5-12(16)7-13(18)6-11/h8-13,16H,3-7,18H2,1-2H3,(H,21,22). The van der Waals surface area contributed by atoms with Crippen molar-refractivity contribution in [1.29, 1.82) is 0 Å². The van der Waals surface area contributed by atoms with Crippen LogP contribution in [0.1, 0.15) is 67.9 Å². The fourth-order valence-corrected chi connectivity index (χ4v) is 4.23. The molecule has 2 aliphatic rings. The molecule has 0 spiro atoms. The average molecular weight is 302 g/mol. The van der Waals surface area contributed by atoms with E-state index in [4.69, 9.17) is 5.73 Å². The number of nitrogens with two attached hydrogens (primary N) is 1. The first kappa shape index (κ1) is 15.4. The van der Waals surface area contributed by atoms with E-state index in [1.807, 2.05) is 13.8 Å². The van der Waals surface area contributed by atoms with Crippen LogP contribution in [0, 0.1) is 11.8 Å². The molecule has 2 bridgehead atoms. The van der Waals surface area contributed by atoms with Gasteiger partial charge in [-0.2, -0.15) is 0 Å². The summed E-state index contributed by atoms with van der Waals surface area (Å²) in [4.78, 5) is 21.0. The van der Waals surface area contributed by atoms with E-state index in [1.165, 1.54) is 25.6 Å². The highest BCUT2D eigenvalue weighted by atomic mass is 16.1. The van der Waals surface area contributed by atoms with E-state index in [2.05, 4.69) is 15.3 Å². The molecule has 2 aliphatic carbocycles. The second kappa shape index (κ2) is 6.32. The number of nitrogens with zero attached hydrogens (tertiary/aromatic N) is 2. The van der Waals surface area contributed by atoms with Crippen molar-refractivity contribution in [2.75, 3.05) is 0 Å². The second-order valence-corrected chi connectivity index (χ2v) is 7.16. The summed E-state index contributed by atoms with van der Waals surface area (Å²) in [6.45, 7) is 4.10. The summed E-state index contributed by atoms with van der Waals surface area (Å²) in [5.74, 6) is 1.24. The first-order valence-corrected chi connectivity index (χ1v) is 8.42. The Morgan fingerprint density at radius 1 is 1.32 bits per heavy atom. The van der Waals surface area contributed by atoms with Gasteiger partial charge in [-0.25, -0.2) is 9.97 Å². The Kier molecular flexibility index (Phi) is 4.43. The van der Waals surface area contributed by atoms with Crippen molar-refractivity contribution >= 4 is 5.91 Å². The molecular weight excluding hydrogens is 276 g/mol. The largest absolute Gasteiger partial charge is 0.349 e. The van der Waals surface area contributed by atoms with Gasteiger partial charge in [0.25, 0.3) is 5.91 Å². The molecule has 1 amide bonds. The molecular formula is C17H26N4O. The van der Waals surface area contributed by atoms with Crippen LogP contribution in [0.2, 0.25) is 0 Å². The lowest BCUT2D eigenvalue weighted by Gasteiger charge is -2.45. The maximum atomic E-state index is 12.7. The minimum Gasteiger partial charge on any atom is -0.349 e. The third kappa shape index (κ3) is 3.00. The summed E-state index contributed by atoms with van der Waals surface area (Å²) in [6.07, 6.45) is 8.84. The number of hydrogen-bond donors (Lipinski definition) is 2. The minimum atomic E-state index is -0.0262.